The topological polar surface area (TPSA) is 84.2 Å². The van der Waals surface area contributed by atoms with Gasteiger partial charge in [0.2, 0.25) is 0 Å². The zero-order valence-electron chi connectivity index (χ0n) is 16.5. The highest BCUT2D eigenvalue weighted by Crippen LogP contribution is 2.29. The van der Waals surface area contributed by atoms with Crippen molar-refractivity contribution in [1.29, 1.82) is 0 Å². The van der Waals surface area contributed by atoms with Gasteiger partial charge < -0.3 is 10.6 Å². The molecule has 0 spiro atoms. The second kappa shape index (κ2) is 9.09. The van der Waals surface area contributed by atoms with E-state index in [4.69, 9.17) is 0 Å². The quantitative estimate of drug-likeness (QED) is 0.405. The highest BCUT2D eigenvalue weighted by molar-refractivity contribution is 7.99. The minimum absolute atomic E-state index is 0.108. The summed E-state index contributed by atoms with van der Waals surface area (Å²) in [5.41, 5.74) is 1.37. The zero-order valence-corrected chi connectivity index (χ0v) is 17.3. The average Bonchev–Trinajstić information content (AvgIpc) is 3.21. The molecule has 31 heavy (non-hydrogen) atoms. The van der Waals surface area contributed by atoms with Gasteiger partial charge in [0, 0.05) is 22.3 Å². The molecule has 0 atom stereocenters. The lowest BCUT2D eigenvalue weighted by molar-refractivity contribution is 0.262. The zero-order chi connectivity index (χ0) is 21.8. The van der Waals surface area contributed by atoms with Gasteiger partial charge in [-0.05, 0) is 48.9 Å². The molecule has 0 aliphatic carbocycles. The van der Waals surface area contributed by atoms with Crippen LogP contribution in [-0.2, 0) is 6.42 Å². The van der Waals surface area contributed by atoms with E-state index in [9.17, 15) is 13.6 Å². The van der Waals surface area contributed by atoms with E-state index in [0.717, 1.165) is 40.6 Å². The minimum Gasteiger partial charge on any atom is -0.308 e. The molecule has 0 aliphatic rings. The van der Waals surface area contributed by atoms with E-state index in [1.807, 2.05) is 18.2 Å². The number of aromatic nitrogens is 4. The first-order valence-electron chi connectivity index (χ1n) is 9.52. The SMILES string of the molecule is CCCc1cc(Sc2ccc(NC(=O)Nc3ccc(F)cc3F)cc2)n2ncnc2n1. The number of amides is 2. The van der Waals surface area contributed by atoms with E-state index in [0.29, 0.717) is 17.5 Å². The number of anilines is 2. The highest BCUT2D eigenvalue weighted by Gasteiger charge is 2.11. The Morgan fingerprint density at radius 2 is 1.90 bits per heavy atom. The molecule has 4 rings (SSSR count). The van der Waals surface area contributed by atoms with Gasteiger partial charge in [-0.25, -0.2) is 18.6 Å². The molecule has 0 radical (unpaired) electrons. The Bertz CT molecular complexity index is 1230. The van der Waals surface area contributed by atoms with E-state index in [1.165, 1.54) is 18.1 Å². The van der Waals surface area contributed by atoms with E-state index in [2.05, 4.69) is 32.6 Å². The third kappa shape index (κ3) is 4.97. The van der Waals surface area contributed by atoms with Crippen molar-refractivity contribution in [3.63, 3.8) is 0 Å². The van der Waals surface area contributed by atoms with Crippen LogP contribution in [0.2, 0.25) is 0 Å². The molecule has 0 fully saturated rings. The standard InChI is InChI=1S/C21H18F2N6OS/c1-2-3-15-11-19(29-20(26-15)24-12-25-29)31-16-7-5-14(6-8-16)27-21(30)28-18-9-4-13(22)10-17(18)23/h4-12H,2-3H2,1H3,(H2,27,28,30). The number of hydrogen-bond donors (Lipinski definition) is 2. The number of benzene rings is 2. The van der Waals surface area contributed by atoms with Crippen LogP contribution in [0.5, 0.6) is 0 Å². The summed E-state index contributed by atoms with van der Waals surface area (Å²) in [4.78, 5) is 21.7. The number of nitrogens with one attached hydrogen (secondary N) is 2. The summed E-state index contributed by atoms with van der Waals surface area (Å²) in [6.07, 6.45) is 3.30. The third-order valence-electron chi connectivity index (χ3n) is 4.29. The van der Waals surface area contributed by atoms with Gasteiger partial charge >= 0.3 is 6.03 Å². The van der Waals surface area contributed by atoms with Gasteiger partial charge in [-0.3, -0.25) is 0 Å². The molecule has 7 nitrogen and oxygen atoms in total. The van der Waals surface area contributed by atoms with Crippen LogP contribution in [0.4, 0.5) is 25.0 Å². The normalized spacial score (nSPS) is 10.9. The molecule has 0 saturated carbocycles. The molecule has 4 aromatic rings. The first-order valence-corrected chi connectivity index (χ1v) is 10.3. The monoisotopic (exact) mass is 440 g/mol. The molecule has 2 N–H and O–H groups in total. The van der Waals surface area contributed by atoms with E-state index in [-0.39, 0.29) is 5.69 Å². The molecule has 0 saturated heterocycles. The largest absolute Gasteiger partial charge is 0.323 e. The first-order chi connectivity index (χ1) is 15.0. The number of fused-ring (bicyclic) bond motifs is 1. The molecular weight excluding hydrogens is 422 g/mol. The average molecular weight is 440 g/mol. The van der Waals surface area contributed by atoms with Crippen LogP contribution in [0.25, 0.3) is 5.78 Å². The molecule has 2 aromatic heterocycles. The van der Waals surface area contributed by atoms with Crippen LogP contribution in [0.15, 0.2) is 64.8 Å². The number of aryl methyl sites for hydroxylation is 1. The molecule has 10 heteroatoms. The molecule has 2 heterocycles. The Morgan fingerprint density at radius 3 is 2.65 bits per heavy atom. The molecule has 158 valence electrons. The van der Waals surface area contributed by atoms with Crippen LogP contribution in [-0.4, -0.2) is 25.6 Å². The van der Waals surface area contributed by atoms with E-state index in [1.54, 1.807) is 16.6 Å². The number of rotatable bonds is 6. The summed E-state index contributed by atoms with van der Waals surface area (Å²) < 4.78 is 28.3. The summed E-state index contributed by atoms with van der Waals surface area (Å²) in [6.45, 7) is 2.09. The lowest BCUT2D eigenvalue weighted by atomic mass is 10.2. The Balaban J connectivity index is 1.44. The van der Waals surface area contributed by atoms with Crippen molar-refractivity contribution in [2.24, 2.45) is 0 Å². The van der Waals surface area contributed by atoms with E-state index >= 15 is 0 Å². The molecule has 2 amide bonds. The van der Waals surface area contributed by atoms with Crippen molar-refractivity contribution in [2.75, 3.05) is 10.6 Å². The van der Waals surface area contributed by atoms with Crippen molar-refractivity contribution in [3.05, 3.63) is 72.2 Å². The summed E-state index contributed by atoms with van der Waals surface area (Å²) in [5.74, 6) is -1.01. The van der Waals surface area contributed by atoms with Crippen LogP contribution >= 0.6 is 11.8 Å². The van der Waals surface area contributed by atoms with Crippen molar-refractivity contribution in [3.8, 4) is 0 Å². The summed E-state index contributed by atoms with van der Waals surface area (Å²) in [7, 11) is 0. The Labute approximate surface area is 180 Å². The number of nitrogens with zero attached hydrogens (tertiary/aromatic N) is 4. The minimum atomic E-state index is -0.846. The second-order valence-corrected chi connectivity index (χ2v) is 7.73. The number of halogens is 2. The molecule has 0 aliphatic heterocycles. The maximum Gasteiger partial charge on any atom is 0.323 e. The van der Waals surface area contributed by atoms with E-state index < -0.39 is 17.7 Å². The fourth-order valence-corrected chi connectivity index (χ4v) is 3.81. The lowest BCUT2D eigenvalue weighted by Gasteiger charge is -2.10. The molecule has 2 aromatic carbocycles. The van der Waals surface area contributed by atoms with Crippen molar-refractivity contribution < 1.29 is 13.6 Å². The Morgan fingerprint density at radius 1 is 1.10 bits per heavy atom. The maximum absolute atomic E-state index is 13.7. The predicted octanol–water partition coefficient (Wildman–Crippen LogP) is 5.15. The van der Waals surface area contributed by atoms with Crippen molar-refractivity contribution >= 4 is 34.9 Å². The smallest absolute Gasteiger partial charge is 0.308 e. The Hall–Kier alpha value is -3.53. The fourth-order valence-electron chi connectivity index (χ4n) is 2.89. The van der Waals surface area contributed by atoms with Gasteiger partial charge in [-0.1, -0.05) is 25.1 Å². The maximum atomic E-state index is 13.7. The predicted molar refractivity (Wildman–Crippen MR) is 114 cm³/mol. The first kappa shape index (κ1) is 20.7. The number of urea groups is 1. The summed E-state index contributed by atoms with van der Waals surface area (Å²) in [5, 5.41) is 10.1. The summed E-state index contributed by atoms with van der Waals surface area (Å²) >= 11 is 1.50. The van der Waals surface area contributed by atoms with Gasteiger partial charge in [0.05, 0.1) is 5.69 Å². The molecule has 0 unspecified atom stereocenters. The number of hydrogen-bond acceptors (Lipinski definition) is 5. The second-order valence-electron chi connectivity index (χ2n) is 6.64. The van der Waals surface area contributed by atoms with Crippen molar-refractivity contribution in [2.45, 2.75) is 29.7 Å². The Kier molecular flexibility index (Phi) is 6.08. The highest BCUT2D eigenvalue weighted by atomic mass is 32.2. The van der Waals surface area contributed by atoms with Gasteiger partial charge in [-0.2, -0.15) is 14.6 Å². The van der Waals surface area contributed by atoms with Gasteiger partial charge in [-0.15, -0.1) is 0 Å². The molecular formula is C21H18F2N6OS. The number of carbonyl (C=O) groups excluding carboxylic acids is 1. The van der Waals surface area contributed by atoms with Gasteiger partial charge in [0.1, 0.15) is 23.0 Å². The van der Waals surface area contributed by atoms with Crippen LogP contribution in [0.3, 0.4) is 0 Å². The lowest BCUT2D eigenvalue weighted by Crippen LogP contribution is -2.20. The number of carbonyl (C=O) groups is 1. The summed E-state index contributed by atoms with van der Waals surface area (Å²) in [6, 6.07) is 11.5. The third-order valence-corrected chi connectivity index (χ3v) is 5.30. The van der Waals surface area contributed by atoms with Crippen LogP contribution in [0, 0.1) is 11.6 Å². The van der Waals surface area contributed by atoms with Gasteiger partial charge in [0.15, 0.2) is 0 Å². The molecule has 0 bridgehead atoms. The van der Waals surface area contributed by atoms with Crippen LogP contribution in [0.1, 0.15) is 19.0 Å². The van der Waals surface area contributed by atoms with Crippen molar-refractivity contribution in [1.82, 2.24) is 19.6 Å². The van der Waals surface area contributed by atoms with Crippen LogP contribution < -0.4 is 10.6 Å². The van der Waals surface area contributed by atoms with Gasteiger partial charge in [0.25, 0.3) is 5.78 Å². The fraction of sp³-hybridized carbons (Fsp3) is 0.143.